The third-order valence-corrected chi connectivity index (χ3v) is 6.26. The Labute approximate surface area is 194 Å². The Morgan fingerprint density at radius 1 is 1.09 bits per heavy atom. The third kappa shape index (κ3) is 5.20. The minimum atomic E-state index is -1.11. The monoisotopic (exact) mass is 465 g/mol. The van der Waals surface area contributed by atoms with E-state index in [9.17, 15) is 14.4 Å². The molecule has 0 spiro atoms. The first-order valence-corrected chi connectivity index (χ1v) is 11.4. The number of carboxylic acid groups (broad SMARTS) is 1. The van der Waals surface area contributed by atoms with Crippen LogP contribution in [0.3, 0.4) is 0 Å². The van der Waals surface area contributed by atoms with Crippen molar-refractivity contribution in [3.8, 4) is 11.1 Å². The fraction of sp³-hybridized carbons (Fsp3) is 0.250. The lowest BCUT2D eigenvalue weighted by Gasteiger charge is -2.17. The van der Waals surface area contributed by atoms with E-state index in [1.54, 1.807) is 6.92 Å². The molecule has 1 atom stereocenters. The Morgan fingerprint density at radius 3 is 2.33 bits per heavy atom. The number of alkyl carbamates (subject to hydrolysis) is 1. The number of nitrogens with zero attached hydrogens (tertiary/aromatic N) is 1. The normalized spacial score (nSPS) is 13.0. The van der Waals surface area contributed by atoms with Crippen LogP contribution in [-0.2, 0) is 16.1 Å². The third-order valence-electron chi connectivity index (χ3n) is 5.41. The van der Waals surface area contributed by atoms with Crippen molar-refractivity contribution >= 4 is 29.3 Å². The predicted octanol–water partition coefficient (Wildman–Crippen LogP) is 3.77. The summed E-state index contributed by atoms with van der Waals surface area (Å²) in [4.78, 5) is 39.3. The first-order valence-electron chi connectivity index (χ1n) is 10.5. The molecule has 8 nitrogen and oxygen atoms in total. The van der Waals surface area contributed by atoms with Gasteiger partial charge in [-0.05, 0) is 29.2 Å². The van der Waals surface area contributed by atoms with Gasteiger partial charge in [-0.25, -0.2) is 14.6 Å². The van der Waals surface area contributed by atoms with Gasteiger partial charge in [0.15, 0.2) is 5.69 Å². The fourth-order valence-electron chi connectivity index (χ4n) is 3.91. The molecule has 0 fully saturated rings. The van der Waals surface area contributed by atoms with Gasteiger partial charge in [0.2, 0.25) is 5.91 Å². The number of nitrogens with one attached hydrogen (secondary N) is 2. The van der Waals surface area contributed by atoms with Gasteiger partial charge in [-0.15, -0.1) is 11.3 Å². The van der Waals surface area contributed by atoms with Crippen molar-refractivity contribution in [1.29, 1.82) is 0 Å². The van der Waals surface area contributed by atoms with Crippen molar-refractivity contribution in [2.75, 3.05) is 6.61 Å². The number of carbonyl (C=O) groups is 3. The molecule has 0 bridgehead atoms. The van der Waals surface area contributed by atoms with Crippen LogP contribution in [0.1, 0.15) is 45.9 Å². The van der Waals surface area contributed by atoms with Crippen molar-refractivity contribution in [1.82, 2.24) is 15.6 Å². The molecule has 4 rings (SSSR count). The minimum Gasteiger partial charge on any atom is -0.476 e. The van der Waals surface area contributed by atoms with Gasteiger partial charge in [-0.2, -0.15) is 0 Å². The van der Waals surface area contributed by atoms with E-state index in [4.69, 9.17) is 9.84 Å². The Balaban J connectivity index is 1.25. The van der Waals surface area contributed by atoms with E-state index < -0.39 is 18.1 Å². The number of carbonyl (C=O) groups excluding carboxylic acids is 2. The first-order chi connectivity index (χ1) is 15.9. The second-order valence-corrected chi connectivity index (χ2v) is 8.73. The highest BCUT2D eigenvalue weighted by Gasteiger charge is 2.29. The molecule has 2 amide bonds. The topological polar surface area (TPSA) is 118 Å². The van der Waals surface area contributed by atoms with Gasteiger partial charge < -0.3 is 20.5 Å². The van der Waals surface area contributed by atoms with Crippen LogP contribution in [0.15, 0.2) is 53.9 Å². The Kier molecular flexibility index (Phi) is 6.69. The number of ether oxygens (including phenoxy) is 1. The van der Waals surface area contributed by atoms with E-state index in [0.717, 1.165) is 33.6 Å². The fourth-order valence-corrected chi connectivity index (χ4v) is 4.61. The van der Waals surface area contributed by atoms with Gasteiger partial charge >= 0.3 is 12.1 Å². The molecule has 1 heterocycles. The average molecular weight is 466 g/mol. The summed E-state index contributed by atoms with van der Waals surface area (Å²) in [6.07, 6.45) is -0.523. The predicted molar refractivity (Wildman–Crippen MR) is 123 cm³/mol. The van der Waals surface area contributed by atoms with Gasteiger partial charge in [-0.3, -0.25) is 4.79 Å². The molecule has 0 aliphatic heterocycles. The highest BCUT2D eigenvalue weighted by molar-refractivity contribution is 7.09. The summed E-state index contributed by atoms with van der Waals surface area (Å²) in [6.45, 7) is 2.05. The van der Waals surface area contributed by atoms with Gasteiger partial charge in [0.05, 0.1) is 6.54 Å². The van der Waals surface area contributed by atoms with E-state index in [1.807, 2.05) is 24.3 Å². The second-order valence-electron chi connectivity index (χ2n) is 7.78. The first kappa shape index (κ1) is 22.5. The van der Waals surface area contributed by atoms with Crippen molar-refractivity contribution in [3.05, 3.63) is 75.7 Å². The van der Waals surface area contributed by atoms with Crippen LogP contribution in [0, 0.1) is 0 Å². The van der Waals surface area contributed by atoms with Gasteiger partial charge in [0, 0.05) is 23.8 Å². The van der Waals surface area contributed by atoms with E-state index in [1.165, 1.54) is 5.38 Å². The summed E-state index contributed by atoms with van der Waals surface area (Å²) in [5, 5.41) is 16.2. The molecule has 3 aromatic rings. The molecule has 0 radical (unpaired) electrons. The van der Waals surface area contributed by atoms with Gasteiger partial charge in [0.1, 0.15) is 11.6 Å². The van der Waals surface area contributed by atoms with E-state index in [0.29, 0.717) is 5.01 Å². The molecule has 0 saturated heterocycles. The van der Waals surface area contributed by atoms with Crippen LogP contribution in [0.25, 0.3) is 11.1 Å². The summed E-state index contributed by atoms with van der Waals surface area (Å²) < 4.78 is 5.50. The number of carboxylic acids is 1. The van der Waals surface area contributed by atoms with Crippen LogP contribution >= 0.6 is 11.3 Å². The lowest BCUT2D eigenvalue weighted by molar-refractivity contribution is -0.121. The number of amides is 2. The zero-order chi connectivity index (χ0) is 23.4. The number of benzene rings is 2. The molecule has 9 heteroatoms. The Hall–Kier alpha value is -3.72. The number of thiazole rings is 1. The van der Waals surface area contributed by atoms with Crippen molar-refractivity contribution < 1.29 is 24.2 Å². The molecular formula is C24H23N3O5S. The van der Waals surface area contributed by atoms with E-state index >= 15 is 0 Å². The van der Waals surface area contributed by atoms with Crippen molar-refractivity contribution in [3.63, 3.8) is 0 Å². The maximum atomic E-state index is 12.3. The van der Waals surface area contributed by atoms with Crippen LogP contribution in [0.5, 0.6) is 0 Å². The van der Waals surface area contributed by atoms with Gasteiger partial charge in [0.25, 0.3) is 0 Å². The summed E-state index contributed by atoms with van der Waals surface area (Å²) in [6, 6.07) is 15.8. The SMILES string of the molecule is C[C@H](CC(=O)NCc1nc(C(=O)O)cs1)NC(=O)OCC1c2ccccc2-c2ccccc21. The maximum absolute atomic E-state index is 12.3. The number of aromatic nitrogens is 1. The highest BCUT2D eigenvalue weighted by atomic mass is 32.1. The van der Waals surface area contributed by atoms with Crippen LogP contribution in [0.2, 0.25) is 0 Å². The summed E-state index contributed by atoms with van der Waals surface area (Å²) >= 11 is 1.16. The van der Waals surface area contributed by atoms with Crippen molar-refractivity contribution in [2.24, 2.45) is 0 Å². The number of hydrogen-bond donors (Lipinski definition) is 3. The molecule has 1 aliphatic rings. The molecule has 1 aromatic heterocycles. The zero-order valence-corrected chi connectivity index (χ0v) is 18.7. The molecule has 170 valence electrons. The molecule has 33 heavy (non-hydrogen) atoms. The van der Waals surface area contributed by atoms with E-state index in [2.05, 4.69) is 39.9 Å². The lowest BCUT2D eigenvalue weighted by atomic mass is 9.98. The number of rotatable bonds is 8. The van der Waals surface area contributed by atoms with Gasteiger partial charge in [-0.1, -0.05) is 48.5 Å². The van der Waals surface area contributed by atoms with Crippen LogP contribution < -0.4 is 10.6 Å². The minimum absolute atomic E-state index is 0.0317. The van der Waals surface area contributed by atoms with Crippen LogP contribution in [-0.4, -0.2) is 40.7 Å². The highest BCUT2D eigenvalue weighted by Crippen LogP contribution is 2.44. The maximum Gasteiger partial charge on any atom is 0.407 e. The summed E-state index contributed by atoms with van der Waals surface area (Å²) in [5.41, 5.74) is 4.53. The second kappa shape index (κ2) is 9.83. The molecule has 0 unspecified atom stereocenters. The van der Waals surface area contributed by atoms with E-state index in [-0.39, 0.29) is 37.1 Å². The average Bonchev–Trinajstić information content (AvgIpc) is 3.39. The number of fused-ring (bicyclic) bond motifs is 3. The molecule has 0 saturated carbocycles. The number of aromatic carboxylic acids is 1. The van der Waals surface area contributed by atoms with Crippen LogP contribution in [0.4, 0.5) is 4.79 Å². The zero-order valence-electron chi connectivity index (χ0n) is 17.9. The summed E-state index contributed by atoms with van der Waals surface area (Å²) in [7, 11) is 0. The molecular weight excluding hydrogens is 442 g/mol. The summed E-state index contributed by atoms with van der Waals surface area (Å²) in [5.74, 6) is -1.42. The quantitative estimate of drug-likeness (QED) is 0.466. The Morgan fingerprint density at radius 2 is 1.73 bits per heavy atom. The smallest absolute Gasteiger partial charge is 0.407 e. The standard InChI is InChI=1S/C24H23N3O5S/c1-14(10-21(28)25-11-22-27-20(13-33-22)23(29)30)26-24(31)32-12-19-17-8-4-2-6-15(17)16-7-3-5-9-18(16)19/h2-9,13-14,19H,10-12H2,1H3,(H,25,28)(H,26,31)(H,29,30)/t14-/m1/s1. The number of hydrogen-bond acceptors (Lipinski definition) is 6. The Bertz CT molecular complexity index is 1150. The largest absolute Gasteiger partial charge is 0.476 e. The molecule has 2 aromatic carbocycles. The lowest BCUT2D eigenvalue weighted by Crippen LogP contribution is -2.37. The molecule has 1 aliphatic carbocycles. The molecule has 3 N–H and O–H groups in total. The van der Waals surface area contributed by atoms with Crippen molar-refractivity contribution in [2.45, 2.75) is 31.8 Å².